The number of hydrogen-bond acceptors (Lipinski definition) is 2. The molecule has 0 aliphatic carbocycles. The van der Waals surface area contributed by atoms with Crippen LogP contribution in [0.2, 0.25) is 5.02 Å². The fraction of sp³-hybridized carbons (Fsp3) is 0.250. The van der Waals surface area contributed by atoms with Crippen LogP contribution in [0, 0.1) is 12.7 Å². The first-order valence-corrected chi connectivity index (χ1v) is 6.94. The van der Waals surface area contributed by atoms with Crippen LogP contribution in [0.3, 0.4) is 0 Å². The Bertz CT molecular complexity index is 624. The van der Waals surface area contributed by atoms with Gasteiger partial charge in [0.25, 0.3) is 0 Å². The first-order valence-electron chi connectivity index (χ1n) is 6.56. The van der Waals surface area contributed by atoms with E-state index in [4.69, 9.17) is 16.3 Å². The molecule has 0 saturated carbocycles. The van der Waals surface area contributed by atoms with E-state index >= 15 is 0 Å². The molecule has 0 fully saturated rings. The Labute approximate surface area is 122 Å². The van der Waals surface area contributed by atoms with Gasteiger partial charge >= 0.3 is 0 Å². The van der Waals surface area contributed by atoms with E-state index in [0.717, 1.165) is 34.0 Å². The summed E-state index contributed by atoms with van der Waals surface area (Å²) in [5.41, 5.74) is 2.80. The van der Waals surface area contributed by atoms with Crippen LogP contribution in [-0.2, 0) is 6.42 Å². The lowest BCUT2D eigenvalue weighted by Gasteiger charge is -2.13. The van der Waals surface area contributed by atoms with Crippen molar-refractivity contribution in [3.8, 4) is 5.75 Å². The summed E-state index contributed by atoms with van der Waals surface area (Å²) < 4.78 is 19.1. The Balaban J connectivity index is 1.63. The van der Waals surface area contributed by atoms with Crippen molar-refractivity contribution in [1.82, 2.24) is 0 Å². The average molecular weight is 292 g/mol. The molecular weight excluding hydrogens is 277 g/mol. The molecule has 1 unspecified atom stereocenters. The second-order valence-electron chi connectivity index (χ2n) is 5.09. The third-order valence-corrected chi connectivity index (χ3v) is 3.57. The monoisotopic (exact) mass is 291 g/mol. The van der Waals surface area contributed by atoms with Gasteiger partial charge in [0.15, 0.2) is 0 Å². The van der Waals surface area contributed by atoms with E-state index in [-0.39, 0.29) is 11.9 Å². The first kappa shape index (κ1) is 13.3. The Morgan fingerprint density at radius 3 is 2.95 bits per heavy atom. The number of fused-ring (bicyclic) bond motifs is 1. The van der Waals surface area contributed by atoms with Gasteiger partial charge in [-0.3, -0.25) is 0 Å². The molecule has 0 amide bonds. The Hall–Kier alpha value is -1.74. The van der Waals surface area contributed by atoms with E-state index in [9.17, 15) is 4.39 Å². The number of ether oxygens (including phenoxy) is 1. The molecule has 4 heteroatoms. The molecule has 2 nitrogen and oxygen atoms in total. The van der Waals surface area contributed by atoms with E-state index in [1.165, 1.54) is 12.1 Å². The second-order valence-corrected chi connectivity index (χ2v) is 5.53. The molecule has 1 N–H and O–H groups in total. The van der Waals surface area contributed by atoms with Crippen LogP contribution in [0.1, 0.15) is 11.1 Å². The van der Waals surface area contributed by atoms with Gasteiger partial charge in [-0.15, -0.1) is 0 Å². The Kier molecular flexibility index (Phi) is 3.53. The average Bonchev–Trinajstić information content (AvgIpc) is 2.77. The molecule has 0 spiro atoms. The van der Waals surface area contributed by atoms with E-state index in [0.29, 0.717) is 6.54 Å². The molecular formula is C16H15ClFNO. The maximum Gasteiger partial charge on any atom is 0.125 e. The van der Waals surface area contributed by atoms with Crippen LogP contribution in [0.25, 0.3) is 0 Å². The quantitative estimate of drug-likeness (QED) is 0.915. The minimum Gasteiger partial charge on any atom is -0.488 e. The molecule has 3 rings (SSSR count). The molecule has 0 saturated heterocycles. The maximum absolute atomic E-state index is 13.3. The van der Waals surface area contributed by atoms with Gasteiger partial charge in [0, 0.05) is 17.1 Å². The molecule has 0 aromatic heterocycles. The first-order chi connectivity index (χ1) is 9.60. The molecule has 104 valence electrons. The maximum atomic E-state index is 13.3. The molecule has 20 heavy (non-hydrogen) atoms. The molecule has 0 radical (unpaired) electrons. The highest BCUT2D eigenvalue weighted by molar-refractivity contribution is 6.30. The van der Waals surface area contributed by atoms with Crippen molar-refractivity contribution in [2.45, 2.75) is 19.4 Å². The van der Waals surface area contributed by atoms with Crippen molar-refractivity contribution in [3.05, 3.63) is 58.4 Å². The Morgan fingerprint density at radius 1 is 1.30 bits per heavy atom. The third-order valence-electron chi connectivity index (χ3n) is 3.34. The van der Waals surface area contributed by atoms with E-state index in [1.807, 2.05) is 31.2 Å². The van der Waals surface area contributed by atoms with E-state index in [2.05, 4.69) is 5.32 Å². The summed E-state index contributed by atoms with van der Waals surface area (Å²) in [4.78, 5) is 0. The fourth-order valence-corrected chi connectivity index (χ4v) is 2.67. The summed E-state index contributed by atoms with van der Waals surface area (Å²) in [7, 11) is 0. The van der Waals surface area contributed by atoms with Crippen LogP contribution in [-0.4, -0.2) is 12.6 Å². The highest BCUT2D eigenvalue weighted by Gasteiger charge is 2.22. The van der Waals surface area contributed by atoms with E-state index < -0.39 is 0 Å². The van der Waals surface area contributed by atoms with Crippen molar-refractivity contribution in [2.75, 3.05) is 11.9 Å². The van der Waals surface area contributed by atoms with Gasteiger partial charge in [0.2, 0.25) is 0 Å². The number of nitrogens with one attached hydrogen (secondary N) is 1. The zero-order chi connectivity index (χ0) is 14.1. The number of aryl methyl sites for hydroxylation is 1. The third kappa shape index (κ3) is 2.88. The number of halogens is 2. The topological polar surface area (TPSA) is 21.3 Å². The van der Waals surface area contributed by atoms with Crippen molar-refractivity contribution < 1.29 is 9.13 Å². The molecule has 1 aliphatic heterocycles. The van der Waals surface area contributed by atoms with Crippen molar-refractivity contribution in [2.24, 2.45) is 0 Å². The minimum atomic E-state index is -0.227. The van der Waals surface area contributed by atoms with Crippen LogP contribution in [0.4, 0.5) is 10.1 Å². The standard InChI is InChI=1S/C16H15ClFNO/c1-10-4-13(18)8-14(5-10)19-9-15-7-11-6-12(17)2-3-16(11)20-15/h2-6,8,15,19H,7,9H2,1H3. The van der Waals surface area contributed by atoms with Gasteiger partial charge in [-0.1, -0.05) is 11.6 Å². The van der Waals surface area contributed by atoms with E-state index in [1.54, 1.807) is 0 Å². The van der Waals surface area contributed by atoms with Gasteiger partial charge in [0.1, 0.15) is 17.7 Å². The summed E-state index contributed by atoms with van der Waals surface area (Å²) in [6.07, 6.45) is 0.865. The number of benzene rings is 2. The predicted octanol–water partition coefficient (Wildman–Crippen LogP) is 4.20. The fourth-order valence-electron chi connectivity index (χ4n) is 2.47. The van der Waals surface area contributed by atoms with Crippen molar-refractivity contribution in [3.63, 3.8) is 0 Å². The van der Waals surface area contributed by atoms with Crippen molar-refractivity contribution >= 4 is 17.3 Å². The molecule has 1 aliphatic rings. The van der Waals surface area contributed by atoms with Crippen LogP contribution in [0.15, 0.2) is 36.4 Å². The largest absolute Gasteiger partial charge is 0.488 e. The van der Waals surface area contributed by atoms with Crippen LogP contribution >= 0.6 is 11.6 Å². The van der Waals surface area contributed by atoms with Gasteiger partial charge in [-0.2, -0.15) is 0 Å². The summed E-state index contributed by atoms with van der Waals surface area (Å²) in [6.45, 7) is 2.51. The number of anilines is 1. The lowest BCUT2D eigenvalue weighted by Crippen LogP contribution is -2.24. The van der Waals surface area contributed by atoms with Crippen molar-refractivity contribution in [1.29, 1.82) is 0 Å². The number of hydrogen-bond donors (Lipinski definition) is 1. The summed E-state index contributed by atoms with van der Waals surface area (Å²) >= 11 is 5.97. The lowest BCUT2D eigenvalue weighted by molar-refractivity contribution is 0.246. The summed E-state index contributed by atoms with van der Waals surface area (Å²) in [6, 6.07) is 10.6. The highest BCUT2D eigenvalue weighted by Crippen LogP contribution is 2.31. The minimum absolute atomic E-state index is 0.0482. The summed E-state index contributed by atoms with van der Waals surface area (Å²) in [5, 5.41) is 3.94. The summed E-state index contributed by atoms with van der Waals surface area (Å²) in [5.74, 6) is 0.659. The number of rotatable bonds is 3. The normalized spacial score (nSPS) is 16.6. The van der Waals surface area contributed by atoms with Gasteiger partial charge in [0.05, 0.1) is 6.54 Å². The second kappa shape index (κ2) is 5.33. The highest BCUT2D eigenvalue weighted by atomic mass is 35.5. The molecule has 2 aromatic carbocycles. The Morgan fingerprint density at radius 2 is 2.15 bits per heavy atom. The van der Waals surface area contributed by atoms with Gasteiger partial charge in [-0.25, -0.2) is 4.39 Å². The van der Waals surface area contributed by atoms with Gasteiger partial charge in [-0.05, 0) is 54.4 Å². The molecule has 2 aromatic rings. The van der Waals surface area contributed by atoms with Gasteiger partial charge < -0.3 is 10.1 Å². The lowest BCUT2D eigenvalue weighted by atomic mass is 10.1. The zero-order valence-electron chi connectivity index (χ0n) is 11.1. The molecule has 1 heterocycles. The van der Waals surface area contributed by atoms with Crippen LogP contribution in [0.5, 0.6) is 5.75 Å². The SMILES string of the molecule is Cc1cc(F)cc(NCC2Cc3cc(Cl)ccc3O2)c1. The molecule has 1 atom stereocenters. The smallest absolute Gasteiger partial charge is 0.125 e. The molecule has 0 bridgehead atoms. The predicted molar refractivity (Wildman–Crippen MR) is 79.2 cm³/mol. The zero-order valence-corrected chi connectivity index (χ0v) is 11.9. The van der Waals surface area contributed by atoms with Crippen LogP contribution < -0.4 is 10.1 Å².